The van der Waals surface area contributed by atoms with Gasteiger partial charge in [-0.05, 0) is 23.6 Å². The van der Waals surface area contributed by atoms with Crippen molar-refractivity contribution in [3.8, 4) is 0 Å². The normalized spacial score (nSPS) is 12.2. The molecule has 0 aromatic heterocycles. The van der Waals surface area contributed by atoms with Crippen molar-refractivity contribution in [3.05, 3.63) is 29.3 Å². The molecule has 1 amide bonds. The fourth-order valence-electron chi connectivity index (χ4n) is 2.02. The van der Waals surface area contributed by atoms with Gasteiger partial charge in [-0.3, -0.25) is 19.7 Å². The first-order valence-electron chi connectivity index (χ1n) is 6.69. The molecule has 1 rings (SSSR count). The quantitative estimate of drug-likeness (QED) is 0.380. The average molecular weight is 377 g/mol. The molecule has 9 nitrogen and oxygen atoms in total. The average Bonchev–Trinajstić information content (AvgIpc) is 2.41. The first kappa shape index (κ1) is 20.1. The first-order chi connectivity index (χ1) is 10.7. The van der Waals surface area contributed by atoms with Gasteiger partial charge in [0.15, 0.2) is 21.7 Å². The van der Waals surface area contributed by atoms with Gasteiger partial charge < -0.3 is 5.73 Å². The van der Waals surface area contributed by atoms with Crippen molar-refractivity contribution < 1.29 is 26.2 Å². The minimum absolute atomic E-state index is 0.0706. The molecule has 0 aliphatic carbocycles. The number of hydrogen-bond donors (Lipinski definition) is 3. The van der Waals surface area contributed by atoms with Gasteiger partial charge in [-0.1, -0.05) is 19.9 Å². The van der Waals surface area contributed by atoms with Gasteiger partial charge in [0, 0.05) is 11.8 Å². The summed E-state index contributed by atoms with van der Waals surface area (Å²) in [4.78, 5) is 12.6. The van der Waals surface area contributed by atoms with Gasteiger partial charge in [-0.15, -0.1) is 0 Å². The number of guanidine groups is 1. The van der Waals surface area contributed by atoms with E-state index in [0.717, 1.165) is 12.3 Å². The molecule has 0 saturated heterocycles. The Kier molecular flexibility index (Phi) is 5.74. The lowest BCUT2D eigenvalue weighted by Crippen LogP contribution is -2.44. The summed E-state index contributed by atoms with van der Waals surface area (Å²) in [7, 11) is -8.25. The fourth-order valence-corrected chi connectivity index (χ4v) is 3.68. The van der Waals surface area contributed by atoms with Crippen LogP contribution in [0.4, 0.5) is 0 Å². The number of nitrogens with one attached hydrogen (secondary N) is 1. The molecule has 0 fully saturated rings. The second-order valence-corrected chi connectivity index (χ2v) is 8.92. The molecule has 134 valence electrons. The second kappa shape index (κ2) is 6.87. The summed E-state index contributed by atoms with van der Waals surface area (Å²) in [6.45, 7) is 3.57. The lowest BCUT2D eigenvalue weighted by atomic mass is 10.0. The van der Waals surface area contributed by atoms with Crippen molar-refractivity contribution in [3.63, 3.8) is 0 Å². The highest BCUT2D eigenvalue weighted by Gasteiger charge is 2.26. The molecule has 1 aromatic carbocycles. The molecule has 0 heterocycles. The molecule has 0 radical (unpaired) electrons. The summed E-state index contributed by atoms with van der Waals surface area (Å²) in [6.07, 6.45) is 0.989. The van der Waals surface area contributed by atoms with Crippen LogP contribution in [0.2, 0.25) is 0 Å². The van der Waals surface area contributed by atoms with Gasteiger partial charge in [-0.25, -0.2) is 8.42 Å². The highest BCUT2D eigenvalue weighted by atomic mass is 32.2. The fraction of sp³-hybridized carbons (Fsp3) is 0.385. The minimum Gasteiger partial charge on any atom is -0.370 e. The Balaban J connectivity index is 3.45. The highest BCUT2D eigenvalue weighted by Crippen LogP contribution is 2.25. The Labute approximate surface area is 140 Å². The van der Waals surface area contributed by atoms with Crippen molar-refractivity contribution in [2.24, 2.45) is 5.73 Å². The SMILES string of the molecule is CC(C)c1ccc(C(=O)N(CS(=O)(=O)O)C(=N)N)cc1S(C)(=O)=O. The van der Waals surface area contributed by atoms with Crippen LogP contribution in [0.3, 0.4) is 0 Å². The zero-order valence-corrected chi connectivity index (χ0v) is 15.0. The number of nitrogens with two attached hydrogens (primary N) is 1. The Morgan fingerprint density at radius 1 is 1.29 bits per heavy atom. The number of carbonyl (C=O) groups excluding carboxylic acids is 1. The third-order valence-corrected chi connectivity index (χ3v) is 4.85. The van der Waals surface area contributed by atoms with Crippen LogP contribution in [-0.4, -0.2) is 50.3 Å². The summed E-state index contributed by atoms with van der Waals surface area (Å²) in [6, 6.07) is 3.86. The summed E-state index contributed by atoms with van der Waals surface area (Å²) in [5.74, 6) is -3.24. The van der Waals surface area contributed by atoms with E-state index in [1.165, 1.54) is 12.1 Å². The number of rotatable bonds is 5. The van der Waals surface area contributed by atoms with Gasteiger partial charge in [-0.2, -0.15) is 8.42 Å². The van der Waals surface area contributed by atoms with E-state index in [0.29, 0.717) is 10.5 Å². The first-order valence-corrected chi connectivity index (χ1v) is 10.2. The van der Waals surface area contributed by atoms with E-state index in [1.807, 2.05) is 0 Å². The molecule has 0 aliphatic heterocycles. The molecule has 0 spiro atoms. The van der Waals surface area contributed by atoms with E-state index in [4.69, 9.17) is 15.7 Å². The van der Waals surface area contributed by atoms with E-state index in [-0.39, 0.29) is 16.4 Å². The van der Waals surface area contributed by atoms with Crippen molar-refractivity contribution in [2.75, 3.05) is 12.1 Å². The number of nitrogens with zero attached hydrogens (tertiary/aromatic N) is 1. The standard InChI is InChI=1S/C13H19N3O6S2/c1-8(2)10-5-4-9(6-11(10)23(3,18)19)12(17)16(13(14)15)7-24(20,21)22/h4-6,8H,7H2,1-3H3,(H3,14,15)(H,20,21,22). The van der Waals surface area contributed by atoms with Gasteiger partial charge in [0.05, 0.1) is 4.90 Å². The van der Waals surface area contributed by atoms with Crippen LogP contribution < -0.4 is 5.73 Å². The number of carbonyl (C=O) groups is 1. The number of hydrogen-bond acceptors (Lipinski definition) is 6. The van der Waals surface area contributed by atoms with Crippen molar-refractivity contribution >= 4 is 31.8 Å². The zero-order chi connectivity index (χ0) is 18.9. The van der Waals surface area contributed by atoms with Crippen LogP contribution in [0.1, 0.15) is 35.7 Å². The molecule has 0 bridgehead atoms. The zero-order valence-electron chi connectivity index (χ0n) is 13.3. The minimum atomic E-state index is -4.62. The Bertz CT molecular complexity index is 875. The maximum atomic E-state index is 12.4. The van der Waals surface area contributed by atoms with Crippen LogP contribution in [-0.2, 0) is 20.0 Å². The topological polar surface area (TPSA) is 159 Å². The predicted molar refractivity (Wildman–Crippen MR) is 88.1 cm³/mol. The van der Waals surface area contributed by atoms with E-state index in [9.17, 15) is 21.6 Å². The summed E-state index contributed by atoms with van der Waals surface area (Å²) >= 11 is 0. The van der Waals surface area contributed by atoms with Crippen LogP contribution in [0.15, 0.2) is 23.1 Å². The van der Waals surface area contributed by atoms with E-state index < -0.39 is 37.7 Å². The summed E-state index contributed by atoms with van der Waals surface area (Å²) in [5, 5.41) is 7.29. The monoisotopic (exact) mass is 377 g/mol. The molecule has 0 aliphatic rings. The van der Waals surface area contributed by atoms with Gasteiger partial charge in [0.1, 0.15) is 0 Å². The largest absolute Gasteiger partial charge is 0.370 e. The molecule has 0 saturated carbocycles. The van der Waals surface area contributed by atoms with Crippen molar-refractivity contribution in [1.82, 2.24) is 4.90 Å². The predicted octanol–water partition coefficient (Wildman–Crippen LogP) is 0.394. The third-order valence-electron chi connectivity index (χ3n) is 3.11. The van der Waals surface area contributed by atoms with Gasteiger partial charge >= 0.3 is 0 Å². The Morgan fingerprint density at radius 2 is 1.83 bits per heavy atom. The number of sulfone groups is 1. The van der Waals surface area contributed by atoms with Crippen molar-refractivity contribution in [1.29, 1.82) is 5.41 Å². The lowest BCUT2D eigenvalue weighted by molar-refractivity contribution is 0.0859. The molecule has 4 N–H and O–H groups in total. The summed E-state index contributed by atoms with van der Waals surface area (Å²) in [5.41, 5.74) is 5.51. The Morgan fingerprint density at radius 3 is 2.21 bits per heavy atom. The molecule has 1 aromatic rings. The van der Waals surface area contributed by atoms with Crippen LogP contribution in [0.25, 0.3) is 0 Å². The van der Waals surface area contributed by atoms with Crippen LogP contribution in [0.5, 0.6) is 0 Å². The maximum Gasteiger partial charge on any atom is 0.283 e. The molecule has 24 heavy (non-hydrogen) atoms. The molecular formula is C13H19N3O6S2. The van der Waals surface area contributed by atoms with E-state index in [1.54, 1.807) is 13.8 Å². The maximum absolute atomic E-state index is 12.4. The molecule has 0 unspecified atom stereocenters. The molecule has 0 atom stereocenters. The summed E-state index contributed by atoms with van der Waals surface area (Å²) < 4.78 is 54.7. The van der Waals surface area contributed by atoms with E-state index >= 15 is 0 Å². The van der Waals surface area contributed by atoms with Crippen LogP contribution >= 0.6 is 0 Å². The highest BCUT2D eigenvalue weighted by molar-refractivity contribution is 7.90. The van der Waals surface area contributed by atoms with Crippen LogP contribution in [0, 0.1) is 5.41 Å². The third kappa shape index (κ3) is 5.01. The second-order valence-electron chi connectivity index (χ2n) is 5.51. The Hall–Kier alpha value is -1.98. The van der Waals surface area contributed by atoms with Crippen molar-refractivity contribution in [2.45, 2.75) is 24.7 Å². The lowest BCUT2D eigenvalue weighted by Gasteiger charge is -2.20. The van der Waals surface area contributed by atoms with E-state index in [2.05, 4.69) is 0 Å². The number of amides is 1. The molecule has 11 heteroatoms. The smallest absolute Gasteiger partial charge is 0.283 e. The van der Waals surface area contributed by atoms with Gasteiger partial charge in [0.2, 0.25) is 0 Å². The number of benzene rings is 1. The molecular weight excluding hydrogens is 358 g/mol. The van der Waals surface area contributed by atoms with Gasteiger partial charge in [0.25, 0.3) is 16.0 Å².